The quantitative estimate of drug-likeness (QED) is 0.573. The Labute approximate surface area is 91.1 Å². The van der Waals surface area contributed by atoms with E-state index in [9.17, 15) is 0 Å². The molecule has 1 unspecified atom stereocenters. The largest absolute Gasteiger partial charge is 0.381 e. The second-order valence-electron chi connectivity index (χ2n) is 3.60. The molecule has 1 rings (SSSR count). The van der Waals surface area contributed by atoms with Crippen LogP contribution in [0.15, 0.2) is 0 Å². The van der Waals surface area contributed by atoms with E-state index >= 15 is 0 Å². The van der Waals surface area contributed by atoms with Gasteiger partial charge in [-0.25, -0.2) is 0 Å². The maximum Gasteiger partial charge on any atom is 0.133 e. The van der Waals surface area contributed by atoms with Crippen molar-refractivity contribution in [2.45, 2.75) is 31.8 Å². The monoisotopic (exact) mass is 213 g/mol. The van der Waals surface area contributed by atoms with Crippen LogP contribution in [0.4, 0.5) is 0 Å². The van der Waals surface area contributed by atoms with Crippen molar-refractivity contribution in [1.29, 1.82) is 5.26 Å². The standard InChI is InChI=1S/C11H19NO3/c12-5-10-14-7-2-6-13-9-4-11-3-1-8-15-11/h11H,1-4,6-10H2. The Hall–Kier alpha value is -0.630. The number of nitriles is 1. The highest BCUT2D eigenvalue weighted by Gasteiger charge is 2.14. The molecule has 0 bridgehead atoms. The third-order valence-corrected chi connectivity index (χ3v) is 2.35. The highest BCUT2D eigenvalue weighted by molar-refractivity contribution is 4.66. The van der Waals surface area contributed by atoms with E-state index in [1.807, 2.05) is 6.07 Å². The predicted molar refractivity (Wildman–Crippen MR) is 55.5 cm³/mol. The van der Waals surface area contributed by atoms with Gasteiger partial charge in [0.2, 0.25) is 0 Å². The molecule has 1 aliphatic heterocycles. The Kier molecular flexibility index (Phi) is 7.18. The zero-order valence-corrected chi connectivity index (χ0v) is 9.11. The fourth-order valence-electron chi connectivity index (χ4n) is 1.57. The smallest absolute Gasteiger partial charge is 0.133 e. The summed E-state index contributed by atoms with van der Waals surface area (Å²) in [7, 11) is 0. The van der Waals surface area contributed by atoms with Gasteiger partial charge in [0.15, 0.2) is 0 Å². The summed E-state index contributed by atoms with van der Waals surface area (Å²) in [5, 5.41) is 8.21. The summed E-state index contributed by atoms with van der Waals surface area (Å²) in [6, 6.07) is 1.93. The Morgan fingerprint density at radius 1 is 1.27 bits per heavy atom. The summed E-state index contributed by atoms with van der Waals surface area (Å²) in [5.41, 5.74) is 0. The van der Waals surface area contributed by atoms with Gasteiger partial charge in [-0.05, 0) is 25.7 Å². The van der Waals surface area contributed by atoms with E-state index in [4.69, 9.17) is 19.5 Å². The normalized spacial score (nSPS) is 20.3. The molecule has 0 amide bonds. The molecule has 0 aliphatic carbocycles. The first kappa shape index (κ1) is 12.4. The molecule has 0 spiro atoms. The van der Waals surface area contributed by atoms with Crippen LogP contribution in [0.25, 0.3) is 0 Å². The summed E-state index contributed by atoms with van der Waals surface area (Å²) < 4.78 is 15.9. The van der Waals surface area contributed by atoms with E-state index in [2.05, 4.69) is 0 Å². The minimum absolute atomic E-state index is 0.177. The first-order chi connectivity index (χ1) is 7.43. The fraction of sp³-hybridized carbons (Fsp3) is 0.909. The van der Waals surface area contributed by atoms with E-state index in [0.29, 0.717) is 19.3 Å². The highest BCUT2D eigenvalue weighted by Crippen LogP contribution is 2.14. The third-order valence-electron chi connectivity index (χ3n) is 2.35. The molecule has 1 atom stereocenters. The summed E-state index contributed by atoms with van der Waals surface area (Å²) in [6.07, 6.45) is 4.63. The lowest BCUT2D eigenvalue weighted by atomic mass is 10.2. The number of hydrogen-bond donors (Lipinski definition) is 0. The van der Waals surface area contributed by atoms with Crippen LogP contribution in [0, 0.1) is 11.3 Å². The molecule has 86 valence electrons. The second-order valence-corrected chi connectivity index (χ2v) is 3.60. The van der Waals surface area contributed by atoms with Gasteiger partial charge in [0.05, 0.1) is 18.8 Å². The van der Waals surface area contributed by atoms with Crippen molar-refractivity contribution in [3.8, 4) is 6.07 Å². The SMILES string of the molecule is N#CCOCCCOCCC1CCCO1. The highest BCUT2D eigenvalue weighted by atomic mass is 16.5. The van der Waals surface area contributed by atoms with Crippen molar-refractivity contribution in [1.82, 2.24) is 0 Å². The van der Waals surface area contributed by atoms with Crippen molar-refractivity contribution in [2.75, 3.05) is 33.0 Å². The van der Waals surface area contributed by atoms with Crippen LogP contribution in [0.1, 0.15) is 25.7 Å². The van der Waals surface area contributed by atoms with Gasteiger partial charge in [0.25, 0.3) is 0 Å². The van der Waals surface area contributed by atoms with Crippen LogP contribution < -0.4 is 0 Å². The minimum Gasteiger partial charge on any atom is -0.381 e. The maximum absolute atomic E-state index is 8.21. The summed E-state index contributed by atoms with van der Waals surface area (Å²) in [4.78, 5) is 0. The van der Waals surface area contributed by atoms with Crippen molar-refractivity contribution in [2.24, 2.45) is 0 Å². The van der Waals surface area contributed by atoms with Crippen molar-refractivity contribution >= 4 is 0 Å². The van der Waals surface area contributed by atoms with Crippen LogP contribution in [0.5, 0.6) is 0 Å². The molecule has 4 heteroatoms. The molecular weight excluding hydrogens is 194 g/mol. The molecule has 1 fully saturated rings. The lowest BCUT2D eigenvalue weighted by molar-refractivity contribution is 0.0504. The predicted octanol–water partition coefficient (Wildman–Crippen LogP) is 1.50. The van der Waals surface area contributed by atoms with Gasteiger partial charge in [-0.15, -0.1) is 0 Å². The van der Waals surface area contributed by atoms with Gasteiger partial charge in [0, 0.05) is 19.8 Å². The third kappa shape index (κ3) is 6.45. The topological polar surface area (TPSA) is 51.5 Å². The minimum atomic E-state index is 0.177. The van der Waals surface area contributed by atoms with Gasteiger partial charge in [-0.3, -0.25) is 0 Å². The Balaban J connectivity index is 1.75. The van der Waals surface area contributed by atoms with E-state index < -0.39 is 0 Å². The van der Waals surface area contributed by atoms with Crippen molar-refractivity contribution in [3.63, 3.8) is 0 Å². The van der Waals surface area contributed by atoms with E-state index in [-0.39, 0.29) is 6.61 Å². The molecule has 1 aliphatic rings. The number of rotatable bonds is 8. The number of ether oxygens (including phenoxy) is 3. The molecule has 0 aromatic rings. The number of hydrogen-bond acceptors (Lipinski definition) is 4. The summed E-state index contributed by atoms with van der Waals surface area (Å²) in [6.45, 7) is 3.16. The van der Waals surface area contributed by atoms with E-state index in [0.717, 1.165) is 26.1 Å². The average Bonchev–Trinajstić information content (AvgIpc) is 2.75. The Bertz CT molecular complexity index is 185. The summed E-state index contributed by atoms with van der Waals surface area (Å²) >= 11 is 0. The zero-order valence-electron chi connectivity index (χ0n) is 9.11. The van der Waals surface area contributed by atoms with Crippen LogP contribution in [-0.2, 0) is 14.2 Å². The van der Waals surface area contributed by atoms with E-state index in [1.165, 1.54) is 12.8 Å². The zero-order chi connectivity index (χ0) is 10.8. The average molecular weight is 213 g/mol. The van der Waals surface area contributed by atoms with Gasteiger partial charge in [0.1, 0.15) is 6.61 Å². The van der Waals surface area contributed by atoms with E-state index in [1.54, 1.807) is 0 Å². The molecule has 0 N–H and O–H groups in total. The molecule has 0 radical (unpaired) electrons. The molecule has 0 saturated carbocycles. The Morgan fingerprint density at radius 2 is 2.13 bits per heavy atom. The molecule has 4 nitrogen and oxygen atoms in total. The lowest BCUT2D eigenvalue weighted by Crippen LogP contribution is -2.10. The summed E-state index contributed by atoms with van der Waals surface area (Å²) in [5.74, 6) is 0. The maximum atomic E-state index is 8.21. The van der Waals surface area contributed by atoms with Crippen LogP contribution in [-0.4, -0.2) is 39.1 Å². The van der Waals surface area contributed by atoms with Gasteiger partial charge in [-0.2, -0.15) is 5.26 Å². The molecule has 1 saturated heterocycles. The molecule has 15 heavy (non-hydrogen) atoms. The molecule has 0 aromatic carbocycles. The second kappa shape index (κ2) is 8.66. The van der Waals surface area contributed by atoms with Crippen LogP contribution in [0.2, 0.25) is 0 Å². The van der Waals surface area contributed by atoms with Crippen LogP contribution in [0.3, 0.4) is 0 Å². The first-order valence-corrected chi connectivity index (χ1v) is 5.57. The van der Waals surface area contributed by atoms with Gasteiger partial charge >= 0.3 is 0 Å². The lowest BCUT2D eigenvalue weighted by Gasteiger charge is -2.09. The van der Waals surface area contributed by atoms with Crippen molar-refractivity contribution in [3.05, 3.63) is 0 Å². The molecule has 1 heterocycles. The molecular formula is C11H19NO3. The van der Waals surface area contributed by atoms with Crippen LogP contribution >= 0.6 is 0 Å². The van der Waals surface area contributed by atoms with Crippen molar-refractivity contribution < 1.29 is 14.2 Å². The van der Waals surface area contributed by atoms with Gasteiger partial charge < -0.3 is 14.2 Å². The number of nitrogens with zero attached hydrogens (tertiary/aromatic N) is 1. The first-order valence-electron chi connectivity index (χ1n) is 5.57. The fourth-order valence-corrected chi connectivity index (χ4v) is 1.57. The Morgan fingerprint density at radius 3 is 2.87 bits per heavy atom. The molecule has 0 aromatic heterocycles. The van der Waals surface area contributed by atoms with Gasteiger partial charge in [-0.1, -0.05) is 0 Å².